The van der Waals surface area contributed by atoms with Crippen LogP contribution < -0.4 is 5.32 Å². The molecule has 1 spiro atoms. The summed E-state index contributed by atoms with van der Waals surface area (Å²) in [6.07, 6.45) is 6.75. The van der Waals surface area contributed by atoms with Crippen molar-refractivity contribution < 1.29 is 9.32 Å². The van der Waals surface area contributed by atoms with E-state index in [1.807, 2.05) is 0 Å². The van der Waals surface area contributed by atoms with E-state index in [0.717, 1.165) is 13.1 Å². The van der Waals surface area contributed by atoms with Gasteiger partial charge in [0.15, 0.2) is 5.82 Å². The first kappa shape index (κ1) is 10.8. The van der Waals surface area contributed by atoms with Gasteiger partial charge in [0.05, 0.1) is 6.54 Å². The van der Waals surface area contributed by atoms with Crippen LogP contribution in [0, 0.1) is 5.41 Å². The number of nitrogens with one attached hydrogen (secondary N) is 1. The third kappa shape index (κ3) is 2.49. The summed E-state index contributed by atoms with van der Waals surface area (Å²) in [6.45, 7) is 2.56. The van der Waals surface area contributed by atoms with Crippen LogP contribution in [0.15, 0.2) is 16.9 Å². The molecule has 1 N–H and O–H groups in total. The number of likely N-dealkylation sites (tertiary alicyclic amines) is 1. The molecule has 17 heavy (non-hydrogen) atoms. The number of anilines is 1. The van der Waals surface area contributed by atoms with Crippen molar-refractivity contribution in [3.05, 3.63) is 12.3 Å². The van der Waals surface area contributed by atoms with Gasteiger partial charge in [0.2, 0.25) is 5.91 Å². The molecule has 1 aliphatic heterocycles. The molecule has 5 heteroatoms. The summed E-state index contributed by atoms with van der Waals surface area (Å²) in [4.78, 5) is 13.9. The molecule has 1 saturated heterocycles. The van der Waals surface area contributed by atoms with Gasteiger partial charge in [0, 0.05) is 6.07 Å². The van der Waals surface area contributed by atoms with Gasteiger partial charge in [-0.25, -0.2) is 0 Å². The van der Waals surface area contributed by atoms with E-state index >= 15 is 0 Å². The van der Waals surface area contributed by atoms with E-state index in [4.69, 9.17) is 0 Å². The number of amides is 1. The topological polar surface area (TPSA) is 58.4 Å². The zero-order chi connectivity index (χ0) is 11.7. The summed E-state index contributed by atoms with van der Waals surface area (Å²) < 4.78 is 4.66. The van der Waals surface area contributed by atoms with Gasteiger partial charge < -0.3 is 9.84 Å². The summed E-state index contributed by atoms with van der Waals surface area (Å²) in [5, 5.41) is 6.38. The number of rotatable bonds is 3. The highest BCUT2D eigenvalue weighted by Crippen LogP contribution is 2.53. The van der Waals surface area contributed by atoms with Gasteiger partial charge in [0.1, 0.15) is 6.26 Å². The number of aromatic nitrogens is 1. The maximum absolute atomic E-state index is 11.7. The van der Waals surface area contributed by atoms with Crippen LogP contribution in [0.5, 0.6) is 0 Å². The van der Waals surface area contributed by atoms with Crippen LogP contribution in [0.1, 0.15) is 25.7 Å². The molecule has 2 fully saturated rings. The molecular formula is C12H17N3O2. The van der Waals surface area contributed by atoms with Crippen LogP contribution in [-0.4, -0.2) is 35.6 Å². The molecule has 5 nitrogen and oxygen atoms in total. The zero-order valence-electron chi connectivity index (χ0n) is 9.82. The fourth-order valence-corrected chi connectivity index (χ4v) is 2.52. The molecule has 2 heterocycles. The first-order chi connectivity index (χ1) is 8.26. The van der Waals surface area contributed by atoms with Crippen molar-refractivity contribution in [3.8, 4) is 0 Å². The lowest BCUT2D eigenvalue weighted by Crippen LogP contribution is -2.39. The Morgan fingerprint density at radius 2 is 2.18 bits per heavy atom. The Morgan fingerprint density at radius 1 is 1.41 bits per heavy atom. The fourth-order valence-electron chi connectivity index (χ4n) is 2.52. The monoisotopic (exact) mass is 235 g/mol. The first-order valence-corrected chi connectivity index (χ1v) is 6.18. The molecule has 1 saturated carbocycles. The minimum atomic E-state index is -0.00866. The molecule has 0 radical (unpaired) electrons. The fraction of sp³-hybridized carbons (Fsp3) is 0.667. The van der Waals surface area contributed by atoms with E-state index < -0.39 is 0 Å². The van der Waals surface area contributed by atoms with Crippen LogP contribution in [0.3, 0.4) is 0 Å². The Bertz CT molecular complexity index is 388. The molecule has 1 aromatic rings. The molecule has 0 bridgehead atoms. The number of carbonyl (C=O) groups is 1. The highest BCUT2D eigenvalue weighted by atomic mass is 16.5. The smallest absolute Gasteiger partial charge is 0.239 e. The van der Waals surface area contributed by atoms with E-state index in [1.54, 1.807) is 6.07 Å². The Morgan fingerprint density at radius 3 is 2.76 bits per heavy atom. The Labute approximate surface area is 100 Å². The summed E-state index contributed by atoms with van der Waals surface area (Å²) in [5.74, 6) is 0.483. The van der Waals surface area contributed by atoms with Gasteiger partial charge in [-0.05, 0) is 44.2 Å². The van der Waals surface area contributed by atoms with E-state index in [9.17, 15) is 4.79 Å². The Hall–Kier alpha value is -1.36. The lowest BCUT2D eigenvalue weighted by atomic mass is 9.94. The minimum absolute atomic E-state index is 0.00866. The molecule has 0 unspecified atom stereocenters. The molecule has 1 aromatic heterocycles. The van der Waals surface area contributed by atoms with Crippen molar-refractivity contribution in [3.63, 3.8) is 0 Å². The molecule has 0 aromatic carbocycles. The number of nitrogens with zero attached hydrogens (tertiary/aromatic N) is 2. The second-order valence-corrected chi connectivity index (χ2v) is 5.21. The van der Waals surface area contributed by atoms with Gasteiger partial charge in [-0.15, -0.1) is 0 Å². The average molecular weight is 235 g/mol. The summed E-state index contributed by atoms with van der Waals surface area (Å²) >= 11 is 0. The zero-order valence-corrected chi connectivity index (χ0v) is 9.82. The van der Waals surface area contributed by atoms with Gasteiger partial charge in [-0.2, -0.15) is 0 Å². The maximum atomic E-state index is 11.7. The summed E-state index contributed by atoms with van der Waals surface area (Å²) in [5.41, 5.74) is 0.666. The number of piperidine rings is 1. The predicted molar refractivity (Wildman–Crippen MR) is 62.5 cm³/mol. The van der Waals surface area contributed by atoms with E-state index in [1.165, 1.54) is 31.9 Å². The van der Waals surface area contributed by atoms with E-state index in [-0.39, 0.29) is 5.91 Å². The van der Waals surface area contributed by atoms with Gasteiger partial charge in [-0.3, -0.25) is 9.69 Å². The van der Waals surface area contributed by atoms with Gasteiger partial charge in [0.25, 0.3) is 0 Å². The average Bonchev–Trinajstić information content (AvgIpc) is 2.87. The van der Waals surface area contributed by atoms with E-state index in [2.05, 4.69) is 19.9 Å². The van der Waals surface area contributed by atoms with Crippen molar-refractivity contribution in [2.75, 3.05) is 25.0 Å². The predicted octanol–water partition coefficient (Wildman–Crippen LogP) is 1.49. The molecule has 3 rings (SSSR count). The SMILES string of the molecule is O=C(CN1CCC2(CC1)CC2)Nc1ccon1. The maximum Gasteiger partial charge on any atom is 0.239 e. The van der Waals surface area contributed by atoms with Crippen molar-refractivity contribution in [2.24, 2.45) is 5.41 Å². The van der Waals surface area contributed by atoms with Crippen molar-refractivity contribution >= 4 is 11.7 Å². The van der Waals surface area contributed by atoms with Crippen molar-refractivity contribution in [1.29, 1.82) is 0 Å². The quantitative estimate of drug-likeness (QED) is 0.862. The minimum Gasteiger partial charge on any atom is -0.363 e. The lowest BCUT2D eigenvalue weighted by molar-refractivity contribution is -0.117. The van der Waals surface area contributed by atoms with Crippen LogP contribution in [-0.2, 0) is 4.79 Å². The van der Waals surface area contributed by atoms with Crippen LogP contribution in [0.2, 0.25) is 0 Å². The molecule has 1 amide bonds. The highest BCUT2D eigenvalue weighted by Gasteiger charge is 2.44. The van der Waals surface area contributed by atoms with Crippen molar-refractivity contribution in [1.82, 2.24) is 10.1 Å². The number of hydrogen-bond acceptors (Lipinski definition) is 4. The normalized spacial score (nSPS) is 22.6. The second-order valence-electron chi connectivity index (χ2n) is 5.21. The summed E-state index contributed by atoms with van der Waals surface area (Å²) in [7, 11) is 0. The third-order valence-electron chi connectivity index (χ3n) is 3.95. The van der Waals surface area contributed by atoms with Gasteiger partial charge in [-0.1, -0.05) is 5.16 Å². The second kappa shape index (κ2) is 4.14. The largest absolute Gasteiger partial charge is 0.363 e. The van der Waals surface area contributed by atoms with Crippen LogP contribution in [0.25, 0.3) is 0 Å². The highest BCUT2D eigenvalue weighted by molar-refractivity contribution is 5.91. The molecular weight excluding hydrogens is 218 g/mol. The first-order valence-electron chi connectivity index (χ1n) is 6.18. The Balaban J connectivity index is 1.45. The number of hydrogen-bond donors (Lipinski definition) is 1. The van der Waals surface area contributed by atoms with E-state index in [0.29, 0.717) is 17.8 Å². The molecule has 1 aliphatic carbocycles. The molecule has 92 valence electrons. The Kier molecular flexibility index (Phi) is 2.63. The van der Waals surface area contributed by atoms with Gasteiger partial charge >= 0.3 is 0 Å². The summed E-state index contributed by atoms with van der Waals surface area (Å²) in [6, 6.07) is 1.65. The van der Waals surface area contributed by atoms with Crippen LogP contribution >= 0.6 is 0 Å². The van der Waals surface area contributed by atoms with Crippen LogP contribution in [0.4, 0.5) is 5.82 Å². The third-order valence-corrected chi connectivity index (χ3v) is 3.95. The number of carbonyl (C=O) groups excluding carboxylic acids is 1. The standard InChI is InChI=1S/C12H17N3O2/c16-11(13-10-1-8-17-14-10)9-15-6-4-12(2-3-12)5-7-15/h1,8H,2-7,9H2,(H,13,14,16). The lowest BCUT2D eigenvalue weighted by Gasteiger charge is -2.31. The van der Waals surface area contributed by atoms with Crippen molar-refractivity contribution in [2.45, 2.75) is 25.7 Å². The molecule has 0 atom stereocenters. The molecule has 2 aliphatic rings.